The van der Waals surface area contributed by atoms with Crippen LogP contribution in [0, 0.1) is 0 Å². The normalized spacial score (nSPS) is 10.8. The van der Waals surface area contributed by atoms with Gasteiger partial charge in [-0.3, -0.25) is 0 Å². The number of hydrogen-bond acceptors (Lipinski definition) is 3. The molecule has 18 heavy (non-hydrogen) atoms. The maximum absolute atomic E-state index is 5.22. The molecule has 0 aliphatic carbocycles. The zero-order valence-corrected chi connectivity index (χ0v) is 12.1. The molecule has 0 radical (unpaired) electrons. The number of benzene rings is 2. The molecule has 0 unspecified atom stereocenters. The van der Waals surface area contributed by atoms with Gasteiger partial charge < -0.3 is 4.74 Å². The summed E-state index contributed by atoms with van der Waals surface area (Å²) >= 11 is 4.99. The van der Waals surface area contributed by atoms with Crippen molar-refractivity contribution in [3.05, 3.63) is 45.7 Å². The Morgan fingerprint density at radius 3 is 2.61 bits per heavy atom. The second-order valence-electron chi connectivity index (χ2n) is 3.91. The summed E-state index contributed by atoms with van der Waals surface area (Å²) in [5, 5.41) is 4.42. The Morgan fingerprint density at radius 2 is 1.89 bits per heavy atom. The summed E-state index contributed by atoms with van der Waals surface area (Å²) in [5.74, 6) is 0.881. The van der Waals surface area contributed by atoms with Crippen LogP contribution in [0.5, 0.6) is 5.75 Å². The third-order valence-electron chi connectivity index (χ3n) is 2.82. The predicted molar refractivity (Wildman–Crippen MR) is 79.3 cm³/mol. The Hall–Kier alpha value is -1.39. The molecule has 0 saturated heterocycles. The Bertz CT molecular complexity index is 708. The summed E-state index contributed by atoms with van der Waals surface area (Å²) in [6.45, 7) is 0. The van der Waals surface area contributed by atoms with Gasteiger partial charge in [0, 0.05) is 10.9 Å². The highest BCUT2D eigenvalue weighted by Gasteiger charge is 2.04. The van der Waals surface area contributed by atoms with Gasteiger partial charge in [0.1, 0.15) is 5.75 Å². The van der Waals surface area contributed by atoms with Gasteiger partial charge in [0.05, 0.1) is 12.8 Å². The van der Waals surface area contributed by atoms with Crippen molar-refractivity contribution in [3.63, 3.8) is 0 Å². The summed E-state index contributed by atoms with van der Waals surface area (Å²) < 4.78 is 6.13. The van der Waals surface area contributed by atoms with Gasteiger partial charge in [-0.05, 0) is 44.9 Å². The molecule has 2 nitrogen and oxygen atoms in total. The van der Waals surface area contributed by atoms with Gasteiger partial charge in [0.2, 0.25) is 0 Å². The molecule has 4 heteroatoms. The number of methoxy groups -OCH3 is 1. The smallest absolute Gasteiger partial charge is 0.159 e. The van der Waals surface area contributed by atoms with E-state index in [1.807, 2.05) is 12.1 Å². The van der Waals surface area contributed by atoms with Gasteiger partial charge in [-0.25, -0.2) is 4.98 Å². The average molecular weight is 320 g/mol. The van der Waals surface area contributed by atoms with E-state index in [0.717, 1.165) is 20.9 Å². The SMILES string of the molecule is COc1ccc2cc(-c3csc(Br)n3)ccc2c1. The van der Waals surface area contributed by atoms with E-state index in [1.54, 1.807) is 18.4 Å². The van der Waals surface area contributed by atoms with Crippen LogP contribution in [-0.2, 0) is 0 Å². The molecule has 0 fully saturated rings. The molecule has 1 aromatic heterocycles. The number of thiazole rings is 1. The van der Waals surface area contributed by atoms with Crippen molar-refractivity contribution in [2.45, 2.75) is 0 Å². The van der Waals surface area contributed by atoms with Crippen molar-refractivity contribution in [1.29, 1.82) is 0 Å². The first kappa shape index (κ1) is 11.7. The van der Waals surface area contributed by atoms with Crippen molar-refractivity contribution < 1.29 is 4.74 Å². The molecule has 2 aromatic carbocycles. The van der Waals surface area contributed by atoms with E-state index in [9.17, 15) is 0 Å². The topological polar surface area (TPSA) is 22.1 Å². The fraction of sp³-hybridized carbons (Fsp3) is 0.0714. The summed E-state index contributed by atoms with van der Waals surface area (Å²) in [6, 6.07) is 12.4. The maximum Gasteiger partial charge on any atom is 0.159 e. The average Bonchev–Trinajstić information content (AvgIpc) is 2.84. The van der Waals surface area contributed by atoms with Crippen LogP contribution in [0.4, 0.5) is 0 Å². The number of aromatic nitrogens is 1. The molecule has 1 heterocycles. The molecule has 3 rings (SSSR count). The van der Waals surface area contributed by atoms with Crippen LogP contribution in [0.25, 0.3) is 22.0 Å². The number of nitrogens with zero attached hydrogens (tertiary/aromatic N) is 1. The van der Waals surface area contributed by atoms with Crippen LogP contribution in [0.15, 0.2) is 45.7 Å². The van der Waals surface area contributed by atoms with Gasteiger partial charge in [0.15, 0.2) is 3.92 Å². The lowest BCUT2D eigenvalue weighted by molar-refractivity contribution is 0.415. The van der Waals surface area contributed by atoms with E-state index in [0.29, 0.717) is 0 Å². The maximum atomic E-state index is 5.22. The van der Waals surface area contributed by atoms with Gasteiger partial charge in [-0.2, -0.15) is 0 Å². The van der Waals surface area contributed by atoms with Crippen LogP contribution < -0.4 is 4.74 Å². The zero-order chi connectivity index (χ0) is 12.5. The number of fused-ring (bicyclic) bond motifs is 1. The molecule has 0 saturated carbocycles. The lowest BCUT2D eigenvalue weighted by atomic mass is 10.1. The third-order valence-corrected chi connectivity index (χ3v) is 4.18. The van der Waals surface area contributed by atoms with Gasteiger partial charge >= 0.3 is 0 Å². The van der Waals surface area contributed by atoms with Crippen LogP contribution in [0.3, 0.4) is 0 Å². The highest BCUT2D eigenvalue weighted by molar-refractivity contribution is 9.11. The quantitative estimate of drug-likeness (QED) is 0.681. The van der Waals surface area contributed by atoms with E-state index in [2.05, 4.69) is 50.6 Å². The van der Waals surface area contributed by atoms with Crippen molar-refractivity contribution in [2.24, 2.45) is 0 Å². The largest absolute Gasteiger partial charge is 0.497 e. The highest BCUT2D eigenvalue weighted by atomic mass is 79.9. The van der Waals surface area contributed by atoms with E-state index in [1.165, 1.54) is 10.8 Å². The zero-order valence-electron chi connectivity index (χ0n) is 9.68. The fourth-order valence-corrected chi connectivity index (χ4v) is 2.91. The summed E-state index contributed by atoms with van der Waals surface area (Å²) in [4.78, 5) is 4.43. The predicted octanol–water partition coefficient (Wildman–Crippen LogP) is 4.73. The molecule has 0 spiro atoms. The minimum Gasteiger partial charge on any atom is -0.497 e. The number of ether oxygens (including phenoxy) is 1. The second kappa shape index (κ2) is 4.71. The third kappa shape index (κ3) is 2.13. The van der Waals surface area contributed by atoms with E-state index >= 15 is 0 Å². The number of rotatable bonds is 2. The Balaban J connectivity index is 2.11. The number of hydrogen-bond donors (Lipinski definition) is 0. The van der Waals surface area contributed by atoms with Crippen LogP contribution in [-0.4, -0.2) is 12.1 Å². The lowest BCUT2D eigenvalue weighted by Crippen LogP contribution is -1.83. The summed E-state index contributed by atoms with van der Waals surface area (Å²) in [6.07, 6.45) is 0. The van der Waals surface area contributed by atoms with Crippen LogP contribution in [0.1, 0.15) is 0 Å². The molecule has 3 aromatic rings. The van der Waals surface area contributed by atoms with Crippen molar-refractivity contribution >= 4 is 38.0 Å². The second-order valence-corrected chi connectivity index (χ2v) is 6.05. The van der Waals surface area contributed by atoms with Crippen molar-refractivity contribution in [2.75, 3.05) is 7.11 Å². The number of halogens is 1. The molecular weight excluding hydrogens is 310 g/mol. The first-order chi connectivity index (χ1) is 8.76. The van der Waals surface area contributed by atoms with Crippen molar-refractivity contribution in [3.8, 4) is 17.0 Å². The van der Waals surface area contributed by atoms with Gasteiger partial charge in [-0.15, -0.1) is 11.3 Å². The Morgan fingerprint density at radius 1 is 1.11 bits per heavy atom. The molecule has 0 amide bonds. The minimum atomic E-state index is 0.881. The summed E-state index contributed by atoms with van der Waals surface area (Å²) in [7, 11) is 1.68. The van der Waals surface area contributed by atoms with Crippen LogP contribution in [0.2, 0.25) is 0 Å². The molecule has 0 N–H and O–H groups in total. The molecule has 0 aliphatic heterocycles. The minimum absolute atomic E-state index is 0.881. The van der Waals surface area contributed by atoms with E-state index in [-0.39, 0.29) is 0 Å². The highest BCUT2D eigenvalue weighted by Crippen LogP contribution is 2.29. The first-order valence-electron chi connectivity index (χ1n) is 5.45. The Labute approximate surface area is 117 Å². The molecule has 90 valence electrons. The van der Waals surface area contributed by atoms with Crippen LogP contribution >= 0.6 is 27.3 Å². The van der Waals surface area contributed by atoms with Gasteiger partial charge in [-0.1, -0.05) is 18.2 Å². The van der Waals surface area contributed by atoms with E-state index in [4.69, 9.17) is 4.74 Å². The molecule has 0 bridgehead atoms. The monoisotopic (exact) mass is 319 g/mol. The first-order valence-corrected chi connectivity index (χ1v) is 7.13. The standard InChI is InChI=1S/C14H10BrNOS/c1-17-12-5-4-9-6-11(3-2-10(9)7-12)13-8-18-14(15)16-13/h2-8H,1H3. The van der Waals surface area contributed by atoms with E-state index < -0.39 is 0 Å². The van der Waals surface area contributed by atoms with Crippen molar-refractivity contribution in [1.82, 2.24) is 4.98 Å². The van der Waals surface area contributed by atoms with Gasteiger partial charge in [0.25, 0.3) is 0 Å². The molecule has 0 atom stereocenters. The fourth-order valence-electron chi connectivity index (χ4n) is 1.89. The Kier molecular flexibility index (Phi) is 3.06. The molecular formula is C14H10BrNOS. The lowest BCUT2D eigenvalue weighted by Gasteiger charge is -2.04. The summed E-state index contributed by atoms with van der Waals surface area (Å²) in [5.41, 5.74) is 2.14. The molecule has 0 aliphatic rings.